The number of phosphoric acid groups is 3. The molecule has 0 amide bonds. The lowest BCUT2D eigenvalue weighted by atomic mass is 10.2. The normalized spacial score (nSPS) is 23.6. The van der Waals surface area contributed by atoms with Crippen LogP contribution >= 0.6 is 45.1 Å². The van der Waals surface area contributed by atoms with Gasteiger partial charge in [-0.15, -0.1) is 0 Å². The van der Waals surface area contributed by atoms with Crippen LogP contribution in [0.15, 0.2) is 12.7 Å². The van der Waals surface area contributed by atoms with Crippen LogP contribution in [0.25, 0.3) is 11.2 Å². The van der Waals surface area contributed by atoms with Crippen LogP contribution in [-0.2, 0) is 36.3 Å². The lowest BCUT2D eigenvalue weighted by Crippen LogP contribution is -2.39. The SMILES string of the molecule is CSS[C@@H](C)OC1C[C@H]([n+]2cn(C#CCN)c3c(N)ncnc32)O[C@@H]1COP(=O)(O)OP(=O)(O)OP(=O)(O)O. The van der Waals surface area contributed by atoms with Gasteiger partial charge in [-0.25, -0.2) is 18.3 Å². The third kappa shape index (κ3) is 9.20. The van der Waals surface area contributed by atoms with Gasteiger partial charge in [-0.2, -0.15) is 18.2 Å². The molecule has 2 aromatic heterocycles. The van der Waals surface area contributed by atoms with Gasteiger partial charge in [0.2, 0.25) is 11.8 Å². The first-order valence-electron chi connectivity index (χ1n) is 10.6. The molecule has 0 aliphatic carbocycles. The zero-order valence-electron chi connectivity index (χ0n) is 20.2. The van der Waals surface area contributed by atoms with Gasteiger partial charge in [0.1, 0.15) is 11.5 Å². The number of rotatable bonds is 12. The average Bonchev–Trinajstić information content (AvgIpc) is 3.36. The summed E-state index contributed by atoms with van der Waals surface area (Å²) in [6.07, 6.45) is 2.34. The first-order valence-corrected chi connectivity index (χ1v) is 17.8. The smallest absolute Gasteiger partial charge is 0.380 e. The lowest BCUT2D eigenvalue weighted by Gasteiger charge is -2.23. The Hall–Kier alpha value is -1.10. The lowest BCUT2D eigenvalue weighted by molar-refractivity contribution is -0.739. The number of ether oxygens (including phenoxy) is 2. The molecule has 1 saturated heterocycles. The van der Waals surface area contributed by atoms with Crippen molar-refractivity contribution in [1.82, 2.24) is 14.5 Å². The van der Waals surface area contributed by atoms with Gasteiger partial charge in [0.15, 0.2) is 18.4 Å². The fourth-order valence-corrected chi connectivity index (χ4v) is 7.94. The number of hydrogen-bond acceptors (Lipinski definition) is 14. The summed E-state index contributed by atoms with van der Waals surface area (Å²) in [6, 6.07) is 2.82. The van der Waals surface area contributed by atoms with Gasteiger partial charge in [-0.3, -0.25) is 4.52 Å². The van der Waals surface area contributed by atoms with E-state index in [1.807, 2.05) is 6.26 Å². The van der Waals surface area contributed by atoms with Crippen LogP contribution in [0, 0.1) is 12.0 Å². The minimum atomic E-state index is -5.68. The highest BCUT2D eigenvalue weighted by atomic mass is 33.1. The number of nitrogens with two attached hydrogens (primary N) is 2. The quantitative estimate of drug-likeness (QED) is 0.0597. The summed E-state index contributed by atoms with van der Waals surface area (Å²) in [5.74, 6) is 2.86. The number of hydrogen-bond donors (Lipinski definition) is 6. The predicted molar refractivity (Wildman–Crippen MR) is 138 cm³/mol. The van der Waals surface area contributed by atoms with Crippen molar-refractivity contribution in [2.45, 2.75) is 37.2 Å². The van der Waals surface area contributed by atoms with Crippen molar-refractivity contribution >= 4 is 62.0 Å². The van der Waals surface area contributed by atoms with E-state index in [1.165, 1.54) is 32.5 Å². The Bertz CT molecular complexity index is 1380. The monoisotopic (exact) mass is 651 g/mol. The molecule has 0 spiro atoms. The number of phosphoric ester groups is 1. The van der Waals surface area contributed by atoms with Crippen LogP contribution in [0.5, 0.6) is 0 Å². The molecule has 1 aliphatic heterocycles. The molecule has 0 saturated carbocycles. The van der Waals surface area contributed by atoms with Crippen molar-refractivity contribution in [2.75, 3.05) is 25.1 Å². The van der Waals surface area contributed by atoms with E-state index < -0.39 is 48.5 Å². The molecule has 3 unspecified atom stereocenters. The van der Waals surface area contributed by atoms with Crippen LogP contribution in [0.4, 0.5) is 5.82 Å². The Labute approximate surface area is 229 Å². The summed E-state index contributed by atoms with van der Waals surface area (Å²) in [5, 5.41) is 0. The zero-order valence-corrected chi connectivity index (χ0v) is 24.6. The van der Waals surface area contributed by atoms with E-state index in [1.54, 1.807) is 17.8 Å². The third-order valence-electron chi connectivity index (χ3n) is 4.76. The van der Waals surface area contributed by atoms with Gasteiger partial charge in [-0.05, 0) is 19.1 Å². The zero-order chi connectivity index (χ0) is 29.0. The third-order valence-corrected chi connectivity index (χ3v) is 10.5. The van der Waals surface area contributed by atoms with E-state index in [0.717, 1.165) is 0 Å². The predicted octanol–water partition coefficient (Wildman–Crippen LogP) is 0.442. The Balaban J connectivity index is 1.85. The van der Waals surface area contributed by atoms with E-state index >= 15 is 0 Å². The van der Waals surface area contributed by atoms with E-state index in [0.29, 0.717) is 11.2 Å². The van der Waals surface area contributed by atoms with E-state index in [4.69, 9.17) is 35.3 Å². The number of nitrogens with zero attached hydrogens (tertiary/aromatic N) is 4. The van der Waals surface area contributed by atoms with Crippen LogP contribution in [0.3, 0.4) is 0 Å². The molecule has 3 heterocycles. The molecule has 1 aliphatic rings. The highest BCUT2D eigenvalue weighted by Gasteiger charge is 2.45. The molecule has 1 fully saturated rings. The fourth-order valence-electron chi connectivity index (χ4n) is 3.51. The van der Waals surface area contributed by atoms with Crippen LogP contribution in [0.2, 0.25) is 0 Å². The van der Waals surface area contributed by atoms with Crippen molar-refractivity contribution < 1.29 is 60.5 Å². The largest absolute Gasteiger partial charge is 0.490 e. The van der Waals surface area contributed by atoms with Crippen LogP contribution in [0.1, 0.15) is 19.6 Å². The second kappa shape index (κ2) is 13.3. The van der Waals surface area contributed by atoms with E-state index in [9.17, 15) is 23.5 Å². The molecule has 0 bridgehead atoms. The maximum Gasteiger partial charge on any atom is 0.490 e. The summed E-state index contributed by atoms with van der Waals surface area (Å²) < 4.78 is 62.2. The number of fused-ring (bicyclic) bond motifs is 1. The van der Waals surface area contributed by atoms with Gasteiger partial charge in [-0.1, -0.05) is 26.6 Å². The minimum Gasteiger partial charge on any atom is -0.380 e. The highest BCUT2D eigenvalue weighted by molar-refractivity contribution is 8.76. The first-order chi connectivity index (χ1) is 18.1. The number of anilines is 1. The van der Waals surface area contributed by atoms with Crippen molar-refractivity contribution in [1.29, 1.82) is 0 Å². The van der Waals surface area contributed by atoms with Gasteiger partial charge < -0.3 is 40.5 Å². The molecule has 2 aromatic rings. The molecule has 6 atom stereocenters. The molecule has 0 aromatic carbocycles. The van der Waals surface area contributed by atoms with Gasteiger partial charge >= 0.3 is 29.1 Å². The number of nitrogen functional groups attached to an aromatic ring is 1. The Kier molecular flexibility index (Phi) is 11.0. The molecule has 0 radical (unpaired) electrons. The summed E-state index contributed by atoms with van der Waals surface area (Å²) in [5.41, 5.74) is 11.9. The fraction of sp³-hybridized carbons (Fsp3) is 0.562. The standard InChI is InChI=1S/C16H25N6O12P3S2/c1-10(39-38-2)31-11-6-13(22-9-21(5-3-4-17)14-15(18)19-8-20-16(14)22)32-12(11)7-30-36(26,27)34-37(28,29)33-35(23,24)25/h8-13H,4,6-7,17H2,1-2H3,(H5-,18,19,20,23,24,25,26,27,28,29)/p+1/t10-,11?,12+,13+/m0/s1. The summed E-state index contributed by atoms with van der Waals surface area (Å²) >= 11 is 0. The van der Waals surface area contributed by atoms with E-state index in [2.05, 4.69) is 30.6 Å². The Morgan fingerprint density at radius 3 is 2.62 bits per heavy atom. The van der Waals surface area contributed by atoms with E-state index in [-0.39, 0.29) is 24.2 Å². The van der Waals surface area contributed by atoms with Crippen LogP contribution in [-0.4, -0.2) is 71.2 Å². The first kappa shape index (κ1) is 32.4. The molecular formula is C16H26N6O12P3S2+. The van der Waals surface area contributed by atoms with Crippen molar-refractivity contribution in [3.63, 3.8) is 0 Å². The molecule has 18 nitrogen and oxygen atoms in total. The summed E-state index contributed by atoms with van der Waals surface area (Å²) in [6.45, 7) is 1.17. The summed E-state index contributed by atoms with van der Waals surface area (Å²) in [7, 11) is -13.7. The number of aromatic nitrogens is 4. The molecular weight excluding hydrogens is 625 g/mol. The summed E-state index contributed by atoms with van der Waals surface area (Å²) in [4.78, 5) is 44.9. The maximum atomic E-state index is 12.2. The molecule has 39 heavy (non-hydrogen) atoms. The topological polar surface area (TPSA) is 265 Å². The maximum absolute atomic E-state index is 12.2. The molecule has 8 N–H and O–H groups in total. The van der Waals surface area contributed by atoms with Gasteiger partial charge in [0, 0.05) is 6.42 Å². The highest BCUT2D eigenvalue weighted by Crippen LogP contribution is 2.66. The molecule has 3 rings (SSSR count). The Morgan fingerprint density at radius 1 is 1.26 bits per heavy atom. The second-order valence-electron chi connectivity index (χ2n) is 7.57. The van der Waals surface area contributed by atoms with Gasteiger partial charge in [0.05, 0.1) is 25.3 Å². The van der Waals surface area contributed by atoms with Crippen molar-refractivity contribution in [3.8, 4) is 12.0 Å². The minimum absolute atomic E-state index is 0.0801. The van der Waals surface area contributed by atoms with Crippen molar-refractivity contribution in [2.24, 2.45) is 5.73 Å². The van der Waals surface area contributed by atoms with Gasteiger partial charge in [0.25, 0.3) is 0 Å². The molecule has 23 heteroatoms. The molecule has 218 valence electrons. The number of imidazole rings is 1. The average molecular weight is 651 g/mol. The van der Waals surface area contributed by atoms with Crippen LogP contribution < -0.4 is 16.0 Å². The van der Waals surface area contributed by atoms with Crippen molar-refractivity contribution in [3.05, 3.63) is 12.7 Å². The second-order valence-corrected chi connectivity index (χ2v) is 14.8. The Morgan fingerprint density at radius 2 is 1.97 bits per heavy atom.